The van der Waals surface area contributed by atoms with E-state index in [-0.39, 0.29) is 6.04 Å². The number of hydrogen-bond acceptors (Lipinski definition) is 4. The normalized spacial score (nSPS) is 15.9. The molecule has 1 unspecified atom stereocenters. The van der Waals surface area contributed by atoms with Gasteiger partial charge in [-0.1, -0.05) is 31.5 Å². The molecule has 0 saturated carbocycles. The Bertz CT molecular complexity index is 755. The van der Waals surface area contributed by atoms with Crippen LogP contribution in [0.15, 0.2) is 41.1 Å². The van der Waals surface area contributed by atoms with Crippen molar-refractivity contribution in [2.75, 3.05) is 25.0 Å². The van der Waals surface area contributed by atoms with Gasteiger partial charge in [0.05, 0.1) is 6.04 Å². The molecular weight excluding hydrogens is 358 g/mol. The summed E-state index contributed by atoms with van der Waals surface area (Å²) in [4.78, 5) is 27.1. The molecule has 0 spiro atoms. The Labute approximate surface area is 164 Å². The highest BCUT2D eigenvalue weighted by molar-refractivity contribution is 7.08. The lowest BCUT2D eigenvalue weighted by molar-refractivity contribution is -0.136. The molecule has 5 nitrogen and oxygen atoms in total. The zero-order chi connectivity index (χ0) is 19.1. The number of rotatable bonds is 6. The first-order valence-electron chi connectivity index (χ1n) is 9.62. The predicted octanol–water partition coefficient (Wildman–Crippen LogP) is 3.59. The third kappa shape index (κ3) is 5.17. The maximum atomic E-state index is 12.4. The van der Waals surface area contributed by atoms with Crippen LogP contribution in [0.25, 0.3) is 0 Å². The molecule has 3 rings (SSSR count). The number of nitrogens with zero attached hydrogens (tertiary/aromatic N) is 1. The van der Waals surface area contributed by atoms with E-state index in [0.29, 0.717) is 12.2 Å². The lowest BCUT2D eigenvalue weighted by atomic mass is 10.0. The number of thiophene rings is 1. The predicted molar refractivity (Wildman–Crippen MR) is 110 cm³/mol. The Morgan fingerprint density at radius 2 is 1.89 bits per heavy atom. The van der Waals surface area contributed by atoms with E-state index in [1.165, 1.54) is 24.8 Å². The van der Waals surface area contributed by atoms with Gasteiger partial charge in [0.25, 0.3) is 0 Å². The third-order valence-electron chi connectivity index (χ3n) is 5.07. The Balaban J connectivity index is 1.60. The van der Waals surface area contributed by atoms with Gasteiger partial charge in [-0.2, -0.15) is 11.3 Å². The summed E-state index contributed by atoms with van der Waals surface area (Å²) in [6.07, 6.45) is 4.43. The molecule has 1 atom stereocenters. The Morgan fingerprint density at radius 3 is 2.59 bits per heavy atom. The van der Waals surface area contributed by atoms with Crippen LogP contribution >= 0.6 is 11.3 Å². The SMILES string of the molecule is CCc1ccccc1NC(=O)C(=O)NCC(c1ccsc1)N1CCCCC1. The van der Waals surface area contributed by atoms with Crippen LogP contribution in [0.3, 0.4) is 0 Å². The smallest absolute Gasteiger partial charge is 0.313 e. The molecule has 27 heavy (non-hydrogen) atoms. The van der Waals surface area contributed by atoms with Crippen molar-refractivity contribution in [2.24, 2.45) is 0 Å². The number of benzene rings is 1. The van der Waals surface area contributed by atoms with Crippen molar-refractivity contribution in [3.8, 4) is 0 Å². The van der Waals surface area contributed by atoms with Crippen molar-refractivity contribution in [3.63, 3.8) is 0 Å². The second-order valence-corrected chi connectivity index (χ2v) is 7.62. The summed E-state index contributed by atoms with van der Waals surface area (Å²) in [6, 6.07) is 9.79. The van der Waals surface area contributed by atoms with Crippen LogP contribution in [0.4, 0.5) is 5.69 Å². The Hall–Kier alpha value is -2.18. The van der Waals surface area contributed by atoms with E-state index in [9.17, 15) is 9.59 Å². The van der Waals surface area contributed by atoms with Gasteiger partial charge >= 0.3 is 11.8 Å². The van der Waals surface area contributed by atoms with Crippen LogP contribution in [0.5, 0.6) is 0 Å². The van der Waals surface area contributed by atoms with E-state index in [0.717, 1.165) is 25.1 Å². The molecule has 0 aliphatic carbocycles. The summed E-state index contributed by atoms with van der Waals surface area (Å²) in [5.74, 6) is -1.20. The minimum Gasteiger partial charge on any atom is -0.346 e. The number of amides is 2. The van der Waals surface area contributed by atoms with Crippen LogP contribution in [0.1, 0.15) is 43.4 Å². The average Bonchev–Trinajstić information content (AvgIpc) is 3.23. The van der Waals surface area contributed by atoms with Gasteiger partial charge in [0.1, 0.15) is 0 Å². The lowest BCUT2D eigenvalue weighted by Gasteiger charge is -2.34. The molecule has 1 saturated heterocycles. The number of hydrogen-bond donors (Lipinski definition) is 2. The fraction of sp³-hybridized carbons (Fsp3) is 0.429. The number of carbonyl (C=O) groups is 2. The molecule has 2 aromatic rings. The average molecular weight is 386 g/mol. The summed E-state index contributed by atoms with van der Waals surface area (Å²) >= 11 is 1.66. The molecule has 1 aliphatic rings. The minimum atomic E-state index is -0.612. The standard InChI is InChI=1S/C21H27N3O2S/c1-2-16-8-4-5-9-18(16)23-21(26)20(25)22-14-19(17-10-13-27-15-17)24-11-6-3-7-12-24/h4-5,8-10,13,15,19H,2-3,6-7,11-12,14H2,1H3,(H,22,25)(H,23,26). The first-order chi connectivity index (χ1) is 13.2. The minimum absolute atomic E-state index is 0.122. The molecule has 144 valence electrons. The second kappa shape index (κ2) is 9.67. The van der Waals surface area contributed by atoms with Crippen LogP contribution < -0.4 is 10.6 Å². The first-order valence-corrected chi connectivity index (χ1v) is 10.6. The quantitative estimate of drug-likeness (QED) is 0.747. The zero-order valence-electron chi connectivity index (χ0n) is 15.7. The molecule has 1 aromatic carbocycles. The van der Waals surface area contributed by atoms with Crippen molar-refractivity contribution < 1.29 is 9.59 Å². The van der Waals surface area contributed by atoms with Crippen molar-refractivity contribution in [2.45, 2.75) is 38.6 Å². The van der Waals surface area contributed by atoms with E-state index in [4.69, 9.17) is 0 Å². The van der Waals surface area contributed by atoms with Crippen LogP contribution in [-0.2, 0) is 16.0 Å². The van der Waals surface area contributed by atoms with E-state index in [2.05, 4.69) is 32.4 Å². The maximum absolute atomic E-state index is 12.4. The van der Waals surface area contributed by atoms with Gasteiger partial charge in [-0.25, -0.2) is 0 Å². The number of piperidine rings is 1. The number of para-hydroxylation sites is 1. The van der Waals surface area contributed by atoms with Gasteiger partial charge < -0.3 is 10.6 Å². The number of nitrogens with one attached hydrogen (secondary N) is 2. The van der Waals surface area contributed by atoms with Gasteiger partial charge in [-0.3, -0.25) is 14.5 Å². The largest absolute Gasteiger partial charge is 0.346 e. The first kappa shape index (κ1) is 19.6. The molecular formula is C21H27N3O2S. The van der Waals surface area contributed by atoms with Crippen molar-refractivity contribution in [1.82, 2.24) is 10.2 Å². The third-order valence-corrected chi connectivity index (χ3v) is 5.77. The second-order valence-electron chi connectivity index (χ2n) is 6.84. The highest BCUT2D eigenvalue weighted by Gasteiger charge is 2.24. The Kier molecular flexibility index (Phi) is 7.01. The summed E-state index contributed by atoms with van der Waals surface area (Å²) in [6.45, 7) is 4.53. The lowest BCUT2D eigenvalue weighted by Crippen LogP contribution is -2.43. The van der Waals surface area contributed by atoms with Gasteiger partial charge in [0.2, 0.25) is 0 Å². The summed E-state index contributed by atoms with van der Waals surface area (Å²) in [7, 11) is 0. The molecule has 1 aliphatic heterocycles. The highest BCUT2D eigenvalue weighted by Crippen LogP contribution is 2.25. The van der Waals surface area contributed by atoms with E-state index in [1.54, 1.807) is 11.3 Å². The molecule has 2 heterocycles. The summed E-state index contributed by atoms with van der Waals surface area (Å²) in [5, 5.41) is 9.76. The van der Waals surface area contributed by atoms with Crippen LogP contribution in [-0.4, -0.2) is 36.3 Å². The topological polar surface area (TPSA) is 61.4 Å². The summed E-state index contributed by atoms with van der Waals surface area (Å²) in [5.41, 5.74) is 2.92. The van der Waals surface area contributed by atoms with Gasteiger partial charge in [-0.05, 0) is 66.4 Å². The van der Waals surface area contributed by atoms with Crippen LogP contribution in [0.2, 0.25) is 0 Å². The van der Waals surface area contributed by atoms with Crippen molar-refractivity contribution >= 4 is 28.8 Å². The monoisotopic (exact) mass is 385 g/mol. The van der Waals surface area contributed by atoms with E-state index in [1.807, 2.05) is 31.2 Å². The van der Waals surface area contributed by atoms with E-state index < -0.39 is 11.8 Å². The number of carbonyl (C=O) groups excluding carboxylic acids is 2. The van der Waals surface area contributed by atoms with Crippen molar-refractivity contribution in [1.29, 1.82) is 0 Å². The van der Waals surface area contributed by atoms with E-state index >= 15 is 0 Å². The molecule has 0 bridgehead atoms. The van der Waals surface area contributed by atoms with Crippen LogP contribution in [0, 0.1) is 0 Å². The fourth-order valence-corrected chi connectivity index (χ4v) is 4.26. The van der Waals surface area contributed by atoms with Gasteiger partial charge in [0.15, 0.2) is 0 Å². The molecule has 6 heteroatoms. The number of aryl methyl sites for hydroxylation is 1. The molecule has 1 fully saturated rings. The number of anilines is 1. The zero-order valence-corrected chi connectivity index (χ0v) is 16.6. The Morgan fingerprint density at radius 1 is 1.11 bits per heavy atom. The van der Waals surface area contributed by atoms with Gasteiger partial charge in [0, 0.05) is 12.2 Å². The fourth-order valence-electron chi connectivity index (χ4n) is 3.55. The maximum Gasteiger partial charge on any atom is 0.313 e. The highest BCUT2D eigenvalue weighted by atomic mass is 32.1. The summed E-state index contributed by atoms with van der Waals surface area (Å²) < 4.78 is 0. The molecule has 2 amide bonds. The molecule has 0 radical (unpaired) electrons. The molecule has 2 N–H and O–H groups in total. The van der Waals surface area contributed by atoms with Crippen molar-refractivity contribution in [3.05, 3.63) is 52.2 Å². The number of likely N-dealkylation sites (tertiary alicyclic amines) is 1. The molecule has 1 aromatic heterocycles. The van der Waals surface area contributed by atoms with Gasteiger partial charge in [-0.15, -0.1) is 0 Å².